The molecule has 16 heavy (non-hydrogen) atoms. The third kappa shape index (κ3) is 2.37. The molecule has 0 amide bonds. The summed E-state index contributed by atoms with van der Waals surface area (Å²) in [6, 6.07) is 6.33. The minimum atomic E-state index is -0.439. The van der Waals surface area contributed by atoms with Gasteiger partial charge in [0.25, 0.3) is 0 Å². The summed E-state index contributed by atoms with van der Waals surface area (Å²) in [5.41, 5.74) is 0.502. The molecular weight excluding hydrogens is 229 g/mol. The Balaban J connectivity index is 0.00000128. The van der Waals surface area contributed by atoms with E-state index in [2.05, 4.69) is 5.32 Å². The second-order valence-corrected chi connectivity index (χ2v) is 4.29. The Morgan fingerprint density at radius 3 is 2.56 bits per heavy atom. The zero-order chi connectivity index (χ0) is 10.9. The molecule has 90 valence electrons. The van der Waals surface area contributed by atoms with Crippen LogP contribution in [0.4, 0.5) is 4.39 Å². The van der Waals surface area contributed by atoms with Gasteiger partial charge in [0.2, 0.25) is 0 Å². The summed E-state index contributed by atoms with van der Waals surface area (Å²) in [5.74, 6) is -0.243. The first kappa shape index (κ1) is 13.4. The predicted octanol–water partition coefficient (Wildman–Crippen LogP) is 2.21. The first-order valence-electron chi connectivity index (χ1n) is 5.32. The van der Waals surface area contributed by atoms with Crippen LogP contribution < -0.4 is 5.32 Å². The van der Waals surface area contributed by atoms with Gasteiger partial charge in [-0.3, -0.25) is 0 Å². The van der Waals surface area contributed by atoms with Gasteiger partial charge in [-0.05, 0) is 44.0 Å². The second kappa shape index (κ2) is 5.13. The average molecular weight is 246 g/mol. The van der Waals surface area contributed by atoms with E-state index in [1.54, 1.807) is 12.1 Å². The van der Waals surface area contributed by atoms with Crippen LogP contribution >= 0.6 is 12.4 Å². The third-order valence-corrected chi connectivity index (χ3v) is 3.26. The highest BCUT2D eigenvalue weighted by atomic mass is 35.5. The van der Waals surface area contributed by atoms with Gasteiger partial charge >= 0.3 is 0 Å². The molecule has 0 spiro atoms. The maximum absolute atomic E-state index is 12.8. The van der Waals surface area contributed by atoms with Crippen molar-refractivity contribution >= 4 is 12.4 Å². The van der Waals surface area contributed by atoms with Crippen molar-refractivity contribution in [3.8, 4) is 0 Å². The van der Waals surface area contributed by atoms with Crippen LogP contribution in [-0.2, 0) is 5.54 Å². The molecule has 1 saturated heterocycles. The molecule has 2 nitrogen and oxygen atoms in total. The summed E-state index contributed by atoms with van der Waals surface area (Å²) in [6.45, 7) is 2.86. The fourth-order valence-electron chi connectivity index (χ4n) is 2.14. The van der Waals surface area contributed by atoms with Gasteiger partial charge in [0, 0.05) is 0 Å². The minimum Gasteiger partial charge on any atom is -0.391 e. The number of rotatable bonds is 1. The molecule has 0 aromatic heterocycles. The lowest BCUT2D eigenvalue weighted by atomic mass is 9.81. The second-order valence-electron chi connectivity index (χ2n) is 4.29. The van der Waals surface area contributed by atoms with E-state index in [1.807, 2.05) is 6.92 Å². The smallest absolute Gasteiger partial charge is 0.123 e. The number of halogens is 2. The summed E-state index contributed by atoms with van der Waals surface area (Å²) < 4.78 is 12.8. The Morgan fingerprint density at radius 1 is 1.38 bits per heavy atom. The third-order valence-electron chi connectivity index (χ3n) is 3.26. The van der Waals surface area contributed by atoms with Crippen LogP contribution in [0.2, 0.25) is 0 Å². The molecular formula is C12H17ClFNO. The first-order chi connectivity index (χ1) is 7.13. The van der Waals surface area contributed by atoms with Crippen LogP contribution in [0.3, 0.4) is 0 Å². The Kier molecular flexibility index (Phi) is 4.30. The number of nitrogens with one attached hydrogen (secondary N) is 1. The van der Waals surface area contributed by atoms with E-state index in [-0.39, 0.29) is 18.2 Å². The van der Waals surface area contributed by atoms with E-state index in [0.717, 1.165) is 24.9 Å². The molecule has 1 heterocycles. The van der Waals surface area contributed by atoms with E-state index in [4.69, 9.17) is 0 Å². The molecule has 1 aromatic rings. The van der Waals surface area contributed by atoms with Gasteiger partial charge in [0.15, 0.2) is 0 Å². The van der Waals surface area contributed by atoms with Gasteiger partial charge in [-0.15, -0.1) is 12.4 Å². The highest BCUT2D eigenvalue weighted by Gasteiger charge is 2.36. The highest BCUT2D eigenvalue weighted by Crippen LogP contribution is 2.30. The maximum Gasteiger partial charge on any atom is 0.123 e. The molecule has 2 rings (SSSR count). The topological polar surface area (TPSA) is 32.3 Å². The maximum atomic E-state index is 12.8. The molecule has 0 aliphatic carbocycles. The van der Waals surface area contributed by atoms with Gasteiger partial charge in [-0.2, -0.15) is 0 Å². The summed E-state index contributed by atoms with van der Waals surface area (Å²) >= 11 is 0. The number of hydrogen-bond acceptors (Lipinski definition) is 2. The largest absolute Gasteiger partial charge is 0.391 e. The van der Waals surface area contributed by atoms with Gasteiger partial charge in [-0.1, -0.05) is 12.1 Å². The molecule has 0 radical (unpaired) electrons. The zero-order valence-corrected chi connectivity index (χ0v) is 10.1. The van der Waals surface area contributed by atoms with Crippen molar-refractivity contribution in [1.82, 2.24) is 5.32 Å². The van der Waals surface area contributed by atoms with E-state index >= 15 is 0 Å². The zero-order valence-electron chi connectivity index (χ0n) is 9.24. The van der Waals surface area contributed by atoms with Gasteiger partial charge in [-0.25, -0.2) is 4.39 Å². The van der Waals surface area contributed by atoms with Crippen molar-refractivity contribution < 1.29 is 9.50 Å². The van der Waals surface area contributed by atoms with E-state index < -0.39 is 11.6 Å². The number of aliphatic hydroxyl groups is 1. The number of hydrogen-bond donors (Lipinski definition) is 2. The van der Waals surface area contributed by atoms with Crippen LogP contribution in [0, 0.1) is 5.82 Å². The molecule has 2 unspecified atom stereocenters. The fraction of sp³-hybridized carbons (Fsp3) is 0.500. The van der Waals surface area contributed by atoms with Crippen molar-refractivity contribution in [2.24, 2.45) is 0 Å². The molecule has 1 aromatic carbocycles. The molecule has 0 saturated carbocycles. The number of benzene rings is 1. The van der Waals surface area contributed by atoms with Crippen LogP contribution in [0.5, 0.6) is 0 Å². The Labute approximate surface area is 101 Å². The predicted molar refractivity (Wildman–Crippen MR) is 64.2 cm³/mol. The normalized spacial score (nSPS) is 29.6. The van der Waals surface area contributed by atoms with Crippen molar-refractivity contribution in [3.05, 3.63) is 35.6 Å². The van der Waals surface area contributed by atoms with Gasteiger partial charge in [0.1, 0.15) is 5.82 Å². The number of aliphatic hydroxyl groups excluding tert-OH is 1. The van der Waals surface area contributed by atoms with Crippen LogP contribution in [0.25, 0.3) is 0 Å². The summed E-state index contributed by atoms with van der Waals surface area (Å²) in [4.78, 5) is 0. The average Bonchev–Trinajstić information content (AvgIpc) is 2.23. The van der Waals surface area contributed by atoms with E-state index in [0.29, 0.717) is 0 Å². The van der Waals surface area contributed by atoms with Crippen molar-refractivity contribution in [3.63, 3.8) is 0 Å². The molecule has 4 heteroatoms. The van der Waals surface area contributed by atoms with Crippen molar-refractivity contribution in [2.75, 3.05) is 6.54 Å². The Bertz CT molecular complexity index is 343. The Hall–Kier alpha value is -0.640. The van der Waals surface area contributed by atoms with Gasteiger partial charge < -0.3 is 10.4 Å². The monoisotopic (exact) mass is 245 g/mol. The summed E-state index contributed by atoms with van der Waals surface area (Å²) in [5, 5.41) is 13.3. The molecule has 0 bridgehead atoms. The van der Waals surface area contributed by atoms with Crippen molar-refractivity contribution in [1.29, 1.82) is 0 Å². The molecule has 1 fully saturated rings. The number of piperidine rings is 1. The van der Waals surface area contributed by atoms with Gasteiger partial charge in [0.05, 0.1) is 11.6 Å². The SMILES string of the molecule is CC1(c2ccc(F)cc2)NCCCC1O.Cl. The Morgan fingerprint density at radius 2 is 2.00 bits per heavy atom. The van der Waals surface area contributed by atoms with Crippen LogP contribution in [-0.4, -0.2) is 17.8 Å². The molecule has 2 N–H and O–H groups in total. The molecule has 1 aliphatic heterocycles. The quantitative estimate of drug-likeness (QED) is 0.795. The molecule has 2 atom stereocenters. The van der Waals surface area contributed by atoms with Crippen molar-refractivity contribution in [2.45, 2.75) is 31.4 Å². The van der Waals surface area contributed by atoms with Crippen LogP contribution in [0.15, 0.2) is 24.3 Å². The first-order valence-corrected chi connectivity index (χ1v) is 5.32. The van der Waals surface area contributed by atoms with E-state index in [9.17, 15) is 9.50 Å². The van der Waals surface area contributed by atoms with E-state index in [1.165, 1.54) is 12.1 Å². The molecule has 1 aliphatic rings. The minimum absolute atomic E-state index is 0. The lowest BCUT2D eigenvalue weighted by molar-refractivity contribution is 0.0384. The summed E-state index contributed by atoms with van der Waals surface area (Å²) in [6.07, 6.45) is 1.37. The highest BCUT2D eigenvalue weighted by molar-refractivity contribution is 5.85. The lowest BCUT2D eigenvalue weighted by Gasteiger charge is -2.40. The standard InChI is InChI=1S/C12H16FNO.ClH/c1-12(11(15)3-2-8-14-12)9-4-6-10(13)7-5-9;/h4-7,11,14-15H,2-3,8H2,1H3;1H. The fourth-order valence-corrected chi connectivity index (χ4v) is 2.14. The summed E-state index contributed by atoms with van der Waals surface area (Å²) in [7, 11) is 0. The lowest BCUT2D eigenvalue weighted by Crippen LogP contribution is -2.53. The van der Waals surface area contributed by atoms with Crippen LogP contribution in [0.1, 0.15) is 25.3 Å².